The summed E-state index contributed by atoms with van der Waals surface area (Å²) in [5, 5.41) is 0. The minimum absolute atomic E-state index is 0.165. The minimum atomic E-state index is -0.978. The Morgan fingerprint density at radius 1 is 0.962 bits per heavy atom. The maximum Gasteiger partial charge on any atom is 0.346 e. The molecule has 0 N–H and O–H groups in total. The summed E-state index contributed by atoms with van der Waals surface area (Å²) in [6, 6.07) is 6.30. The summed E-state index contributed by atoms with van der Waals surface area (Å²) in [4.78, 5) is 12.2. The minimum Gasteiger partial charge on any atom is -0.423 e. The maximum atomic E-state index is 14.4. The van der Waals surface area contributed by atoms with Gasteiger partial charge < -0.3 is 4.74 Å². The highest BCUT2D eigenvalue weighted by Crippen LogP contribution is 2.36. The normalized spacial score (nSPS) is 20.0. The standard InChI is InChI=1S/C21H21F3O2/c1-12-3-5-14(6-4-12)15-7-8-17(20(24)9-15)21(25)26-16-10-18(22)13(2)19(23)11-16/h7-12,14H,3-6H2,1-2H3. The smallest absolute Gasteiger partial charge is 0.346 e. The van der Waals surface area contributed by atoms with Gasteiger partial charge in [-0.15, -0.1) is 0 Å². The fourth-order valence-corrected chi connectivity index (χ4v) is 3.39. The molecular formula is C21H21F3O2. The molecule has 1 aliphatic rings. The predicted molar refractivity (Wildman–Crippen MR) is 92.8 cm³/mol. The molecule has 138 valence electrons. The lowest BCUT2D eigenvalue weighted by Gasteiger charge is -2.26. The molecule has 0 amide bonds. The van der Waals surface area contributed by atoms with Gasteiger partial charge >= 0.3 is 5.97 Å². The lowest BCUT2D eigenvalue weighted by molar-refractivity contribution is 0.0729. The summed E-state index contributed by atoms with van der Waals surface area (Å²) in [5.74, 6) is -2.61. The Bertz CT molecular complexity index is 801. The van der Waals surface area contributed by atoms with Crippen molar-refractivity contribution in [3.8, 4) is 5.75 Å². The van der Waals surface area contributed by atoms with Gasteiger partial charge in [0.05, 0.1) is 5.56 Å². The van der Waals surface area contributed by atoms with E-state index in [1.807, 2.05) is 0 Å². The van der Waals surface area contributed by atoms with Crippen molar-refractivity contribution >= 4 is 5.97 Å². The van der Waals surface area contributed by atoms with Crippen molar-refractivity contribution in [2.24, 2.45) is 5.92 Å². The second-order valence-corrected chi connectivity index (χ2v) is 7.10. The largest absolute Gasteiger partial charge is 0.423 e. The van der Waals surface area contributed by atoms with Gasteiger partial charge in [-0.3, -0.25) is 0 Å². The van der Waals surface area contributed by atoms with Crippen molar-refractivity contribution in [1.29, 1.82) is 0 Å². The van der Waals surface area contributed by atoms with Crippen LogP contribution in [0.4, 0.5) is 13.2 Å². The summed E-state index contributed by atoms with van der Waals surface area (Å²) < 4.78 is 46.5. The van der Waals surface area contributed by atoms with Crippen LogP contribution in [-0.4, -0.2) is 5.97 Å². The molecule has 0 radical (unpaired) electrons. The number of esters is 1. The Labute approximate surface area is 151 Å². The second-order valence-electron chi connectivity index (χ2n) is 7.10. The van der Waals surface area contributed by atoms with E-state index in [0.29, 0.717) is 11.8 Å². The second kappa shape index (κ2) is 7.52. The number of benzene rings is 2. The Morgan fingerprint density at radius 3 is 2.15 bits per heavy atom. The molecule has 0 saturated heterocycles. The molecule has 1 fully saturated rings. The van der Waals surface area contributed by atoms with Crippen LogP contribution >= 0.6 is 0 Å². The van der Waals surface area contributed by atoms with E-state index < -0.39 is 23.4 Å². The lowest BCUT2D eigenvalue weighted by atomic mass is 9.79. The Balaban J connectivity index is 1.76. The Morgan fingerprint density at radius 2 is 1.58 bits per heavy atom. The average molecular weight is 362 g/mol. The van der Waals surface area contributed by atoms with Crippen LogP contribution in [0.15, 0.2) is 30.3 Å². The van der Waals surface area contributed by atoms with Gasteiger partial charge in [0.25, 0.3) is 0 Å². The number of ether oxygens (including phenoxy) is 1. The first kappa shape index (κ1) is 18.5. The molecule has 1 aliphatic carbocycles. The molecule has 2 aromatic carbocycles. The number of hydrogen-bond acceptors (Lipinski definition) is 2. The highest BCUT2D eigenvalue weighted by atomic mass is 19.1. The predicted octanol–water partition coefficient (Wildman–Crippen LogP) is 5.93. The number of halogens is 3. The van der Waals surface area contributed by atoms with Gasteiger partial charge in [0.15, 0.2) is 0 Å². The van der Waals surface area contributed by atoms with E-state index in [1.165, 1.54) is 19.1 Å². The average Bonchev–Trinajstić information content (AvgIpc) is 2.60. The zero-order chi connectivity index (χ0) is 18.8. The van der Waals surface area contributed by atoms with Crippen LogP contribution in [0.3, 0.4) is 0 Å². The number of rotatable bonds is 3. The van der Waals surface area contributed by atoms with Crippen LogP contribution in [0.2, 0.25) is 0 Å². The highest BCUT2D eigenvalue weighted by molar-refractivity contribution is 5.91. The zero-order valence-corrected chi connectivity index (χ0v) is 14.8. The monoisotopic (exact) mass is 362 g/mol. The molecule has 2 aromatic rings. The van der Waals surface area contributed by atoms with Gasteiger partial charge in [-0.25, -0.2) is 18.0 Å². The number of hydrogen-bond donors (Lipinski definition) is 0. The van der Waals surface area contributed by atoms with Gasteiger partial charge in [0, 0.05) is 17.7 Å². The van der Waals surface area contributed by atoms with Crippen molar-refractivity contribution in [2.45, 2.75) is 45.4 Å². The molecule has 0 atom stereocenters. The van der Waals surface area contributed by atoms with E-state index in [1.54, 1.807) is 6.07 Å². The van der Waals surface area contributed by atoms with Crippen LogP contribution in [-0.2, 0) is 0 Å². The molecule has 2 nitrogen and oxygen atoms in total. The molecular weight excluding hydrogens is 341 g/mol. The molecule has 3 rings (SSSR count). The summed E-state index contributed by atoms with van der Waals surface area (Å²) in [6.45, 7) is 3.49. The summed E-state index contributed by atoms with van der Waals surface area (Å²) in [6.07, 6.45) is 4.24. The van der Waals surface area contributed by atoms with E-state index in [9.17, 15) is 18.0 Å². The molecule has 0 bridgehead atoms. The van der Waals surface area contributed by atoms with Crippen molar-refractivity contribution in [1.82, 2.24) is 0 Å². The summed E-state index contributed by atoms with van der Waals surface area (Å²) in [7, 11) is 0. The molecule has 0 heterocycles. The molecule has 0 spiro atoms. The van der Waals surface area contributed by atoms with Crippen LogP contribution in [0.5, 0.6) is 5.75 Å². The first-order valence-electron chi connectivity index (χ1n) is 8.82. The highest BCUT2D eigenvalue weighted by Gasteiger charge is 2.22. The number of carbonyl (C=O) groups is 1. The topological polar surface area (TPSA) is 26.3 Å². The van der Waals surface area contributed by atoms with E-state index in [2.05, 4.69) is 6.92 Å². The van der Waals surface area contributed by atoms with Gasteiger partial charge in [-0.1, -0.05) is 25.8 Å². The summed E-state index contributed by atoms with van der Waals surface area (Å²) in [5.41, 5.74) is 0.458. The first-order chi connectivity index (χ1) is 12.3. The number of carbonyl (C=O) groups excluding carboxylic acids is 1. The van der Waals surface area contributed by atoms with Crippen molar-refractivity contribution < 1.29 is 22.7 Å². The van der Waals surface area contributed by atoms with Crippen molar-refractivity contribution in [2.75, 3.05) is 0 Å². The van der Waals surface area contributed by atoms with E-state index >= 15 is 0 Å². The zero-order valence-electron chi connectivity index (χ0n) is 14.8. The van der Waals surface area contributed by atoms with Crippen LogP contribution in [0.25, 0.3) is 0 Å². The van der Waals surface area contributed by atoms with Crippen molar-refractivity contribution in [3.05, 3.63) is 64.5 Å². The van der Waals surface area contributed by atoms with Gasteiger partial charge in [-0.2, -0.15) is 0 Å². The fraction of sp³-hybridized carbons (Fsp3) is 0.381. The van der Waals surface area contributed by atoms with Crippen LogP contribution in [0, 0.1) is 30.3 Å². The van der Waals surface area contributed by atoms with E-state index in [-0.39, 0.29) is 16.9 Å². The molecule has 1 saturated carbocycles. The molecule has 0 unspecified atom stereocenters. The molecule has 0 aliphatic heterocycles. The van der Waals surface area contributed by atoms with E-state index in [4.69, 9.17) is 4.74 Å². The van der Waals surface area contributed by atoms with Crippen molar-refractivity contribution in [3.63, 3.8) is 0 Å². The molecule has 5 heteroatoms. The van der Waals surface area contributed by atoms with Gasteiger partial charge in [0.1, 0.15) is 23.2 Å². The van der Waals surface area contributed by atoms with Gasteiger partial charge in [0.2, 0.25) is 0 Å². The van der Waals surface area contributed by atoms with Crippen LogP contribution < -0.4 is 4.74 Å². The Kier molecular flexibility index (Phi) is 5.35. The molecule has 26 heavy (non-hydrogen) atoms. The Hall–Kier alpha value is -2.30. The quantitative estimate of drug-likeness (QED) is 0.500. The fourth-order valence-electron chi connectivity index (χ4n) is 3.39. The third kappa shape index (κ3) is 3.92. The van der Waals surface area contributed by atoms with Crippen LogP contribution in [0.1, 0.15) is 60.0 Å². The lowest BCUT2D eigenvalue weighted by Crippen LogP contribution is -2.14. The third-order valence-electron chi connectivity index (χ3n) is 5.17. The third-order valence-corrected chi connectivity index (χ3v) is 5.17. The van der Waals surface area contributed by atoms with E-state index in [0.717, 1.165) is 43.4 Å². The summed E-state index contributed by atoms with van der Waals surface area (Å²) >= 11 is 0. The van der Waals surface area contributed by atoms with Gasteiger partial charge in [-0.05, 0) is 49.3 Å². The first-order valence-corrected chi connectivity index (χ1v) is 8.82. The SMILES string of the molecule is Cc1c(F)cc(OC(=O)c2ccc(C3CCC(C)CC3)cc2F)cc1F. The molecule has 0 aromatic heterocycles. The maximum absolute atomic E-state index is 14.4.